The lowest BCUT2D eigenvalue weighted by atomic mass is 10.1. The number of esters is 1. The molecule has 1 aromatic carbocycles. The molecule has 0 N–H and O–H groups in total. The normalized spacial score (nSPS) is 9.53. The van der Waals surface area contributed by atoms with Crippen molar-refractivity contribution < 1.29 is 9.53 Å². The van der Waals surface area contributed by atoms with Gasteiger partial charge in [-0.15, -0.1) is 0 Å². The monoisotopic (exact) mass is 254 g/mol. The predicted molar refractivity (Wildman–Crippen MR) is 71.3 cm³/mol. The molecule has 96 valence electrons. The standard InChI is InChI=1S/C15H14N2O2/c1-2-19-15(18)8-7-13-3-5-14(6-4-13)11-17-10-9-16-12-17/h3-6,9-10,12H,2,11H2,1H3. The Bertz CT molecular complexity index is 589. The fourth-order valence-corrected chi connectivity index (χ4v) is 1.57. The van der Waals surface area contributed by atoms with E-state index < -0.39 is 5.97 Å². The van der Waals surface area contributed by atoms with E-state index in [9.17, 15) is 4.79 Å². The van der Waals surface area contributed by atoms with E-state index in [-0.39, 0.29) is 0 Å². The van der Waals surface area contributed by atoms with E-state index in [0.717, 1.165) is 17.7 Å². The summed E-state index contributed by atoms with van der Waals surface area (Å²) in [6.07, 6.45) is 5.43. The third-order valence-electron chi connectivity index (χ3n) is 2.46. The average Bonchev–Trinajstić information content (AvgIpc) is 2.91. The van der Waals surface area contributed by atoms with Gasteiger partial charge in [0.15, 0.2) is 0 Å². The fraction of sp³-hybridized carbons (Fsp3) is 0.200. The first-order valence-electron chi connectivity index (χ1n) is 6.01. The second-order valence-corrected chi connectivity index (χ2v) is 3.90. The second kappa shape index (κ2) is 6.41. The van der Waals surface area contributed by atoms with Gasteiger partial charge in [-0.05, 0) is 24.6 Å². The molecule has 2 rings (SSSR count). The van der Waals surface area contributed by atoms with Gasteiger partial charge in [-0.1, -0.05) is 18.1 Å². The van der Waals surface area contributed by atoms with E-state index in [1.54, 1.807) is 19.4 Å². The molecule has 0 spiro atoms. The van der Waals surface area contributed by atoms with Crippen LogP contribution in [0.3, 0.4) is 0 Å². The molecule has 4 heteroatoms. The quantitative estimate of drug-likeness (QED) is 0.620. The Labute approximate surface area is 112 Å². The van der Waals surface area contributed by atoms with Crippen molar-refractivity contribution in [1.29, 1.82) is 0 Å². The highest BCUT2D eigenvalue weighted by atomic mass is 16.5. The first-order chi connectivity index (χ1) is 9.28. The molecular formula is C15H14N2O2. The molecule has 0 atom stereocenters. The van der Waals surface area contributed by atoms with Crippen LogP contribution in [0.15, 0.2) is 43.0 Å². The number of rotatable bonds is 3. The zero-order valence-electron chi connectivity index (χ0n) is 10.7. The van der Waals surface area contributed by atoms with Crippen LogP contribution in [0.25, 0.3) is 0 Å². The Morgan fingerprint density at radius 2 is 2.16 bits per heavy atom. The summed E-state index contributed by atoms with van der Waals surface area (Å²) in [5.41, 5.74) is 1.95. The van der Waals surface area contributed by atoms with Crippen LogP contribution < -0.4 is 0 Å². The van der Waals surface area contributed by atoms with Gasteiger partial charge in [0.05, 0.1) is 12.9 Å². The molecule has 19 heavy (non-hydrogen) atoms. The van der Waals surface area contributed by atoms with Gasteiger partial charge in [0.2, 0.25) is 0 Å². The third kappa shape index (κ3) is 4.00. The zero-order valence-corrected chi connectivity index (χ0v) is 10.7. The van der Waals surface area contributed by atoms with Crippen LogP contribution >= 0.6 is 0 Å². The Kier molecular flexibility index (Phi) is 4.35. The van der Waals surface area contributed by atoms with Crippen LogP contribution in [-0.4, -0.2) is 22.1 Å². The van der Waals surface area contributed by atoms with Gasteiger partial charge in [0.1, 0.15) is 0 Å². The van der Waals surface area contributed by atoms with Gasteiger partial charge in [-0.2, -0.15) is 0 Å². The highest BCUT2D eigenvalue weighted by Crippen LogP contribution is 2.05. The lowest BCUT2D eigenvalue weighted by Gasteiger charge is -2.02. The van der Waals surface area contributed by atoms with Crippen molar-refractivity contribution in [1.82, 2.24) is 9.55 Å². The Hall–Kier alpha value is -2.54. The molecule has 0 fully saturated rings. The van der Waals surface area contributed by atoms with Crippen LogP contribution in [-0.2, 0) is 16.1 Å². The molecule has 0 saturated heterocycles. The van der Waals surface area contributed by atoms with Gasteiger partial charge in [-0.3, -0.25) is 0 Å². The lowest BCUT2D eigenvalue weighted by molar-refractivity contribution is -0.136. The topological polar surface area (TPSA) is 44.1 Å². The van der Waals surface area contributed by atoms with Gasteiger partial charge < -0.3 is 9.30 Å². The van der Waals surface area contributed by atoms with Crippen molar-refractivity contribution in [2.45, 2.75) is 13.5 Å². The summed E-state index contributed by atoms with van der Waals surface area (Å²) in [7, 11) is 0. The van der Waals surface area contributed by atoms with Crippen LogP contribution in [0.2, 0.25) is 0 Å². The van der Waals surface area contributed by atoms with Crippen LogP contribution in [0.4, 0.5) is 0 Å². The van der Waals surface area contributed by atoms with E-state index in [2.05, 4.69) is 16.8 Å². The van der Waals surface area contributed by atoms with E-state index in [4.69, 9.17) is 4.74 Å². The zero-order chi connectivity index (χ0) is 13.5. The number of nitrogens with zero attached hydrogens (tertiary/aromatic N) is 2. The molecule has 0 radical (unpaired) electrons. The third-order valence-corrected chi connectivity index (χ3v) is 2.46. The number of carbonyl (C=O) groups excluding carboxylic acids is 1. The van der Waals surface area contributed by atoms with Crippen molar-refractivity contribution in [2.75, 3.05) is 6.61 Å². The molecule has 0 unspecified atom stereocenters. The van der Waals surface area contributed by atoms with E-state index >= 15 is 0 Å². The number of hydrogen-bond donors (Lipinski definition) is 0. The lowest BCUT2D eigenvalue weighted by Crippen LogP contribution is -1.99. The minimum Gasteiger partial charge on any atom is -0.456 e. The molecule has 0 aliphatic rings. The van der Waals surface area contributed by atoms with Gasteiger partial charge in [0, 0.05) is 30.4 Å². The van der Waals surface area contributed by atoms with Crippen molar-refractivity contribution >= 4 is 5.97 Å². The maximum atomic E-state index is 11.1. The Balaban J connectivity index is 2.00. The number of ether oxygens (including phenoxy) is 1. The minimum absolute atomic E-state index is 0.345. The van der Waals surface area contributed by atoms with Gasteiger partial charge >= 0.3 is 5.97 Å². The molecule has 1 heterocycles. The van der Waals surface area contributed by atoms with E-state index in [1.807, 2.05) is 35.0 Å². The Morgan fingerprint density at radius 1 is 1.37 bits per heavy atom. The summed E-state index contributed by atoms with van der Waals surface area (Å²) in [4.78, 5) is 15.1. The first kappa shape index (κ1) is 12.9. The fourth-order valence-electron chi connectivity index (χ4n) is 1.57. The summed E-state index contributed by atoms with van der Waals surface area (Å²) in [5.74, 6) is 4.71. The Morgan fingerprint density at radius 3 is 2.79 bits per heavy atom. The SMILES string of the molecule is CCOC(=O)C#Cc1ccc(Cn2ccnc2)cc1. The smallest absolute Gasteiger partial charge is 0.384 e. The number of hydrogen-bond acceptors (Lipinski definition) is 3. The molecule has 4 nitrogen and oxygen atoms in total. The van der Waals surface area contributed by atoms with Gasteiger partial charge in [0.25, 0.3) is 0 Å². The number of benzene rings is 1. The number of carbonyl (C=O) groups is 1. The largest absolute Gasteiger partial charge is 0.456 e. The molecular weight excluding hydrogens is 240 g/mol. The average molecular weight is 254 g/mol. The predicted octanol–water partition coefficient (Wildman–Crippen LogP) is 1.85. The van der Waals surface area contributed by atoms with Crippen LogP contribution in [0.5, 0.6) is 0 Å². The van der Waals surface area contributed by atoms with Crippen molar-refractivity contribution in [3.05, 3.63) is 54.1 Å². The summed E-state index contributed by atoms with van der Waals surface area (Å²) >= 11 is 0. The van der Waals surface area contributed by atoms with E-state index in [1.165, 1.54) is 0 Å². The van der Waals surface area contributed by atoms with Crippen molar-refractivity contribution in [3.8, 4) is 11.8 Å². The second-order valence-electron chi connectivity index (χ2n) is 3.90. The molecule has 0 aliphatic heterocycles. The molecule has 0 amide bonds. The molecule has 2 aromatic rings. The van der Waals surface area contributed by atoms with Gasteiger partial charge in [-0.25, -0.2) is 9.78 Å². The van der Waals surface area contributed by atoms with E-state index in [0.29, 0.717) is 6.61 Å². The van der Waals surface area contributed by atoms with Crippen molar-refractivity contribution in [2.24, 2.45) is 0 Å². The van der Waals surface area contributed by atoms with Crippen LogP contribution in [0.1, 0.15) is 18.1 Å². The maximum absolute atomic E-state index is 11.1. The first-order valence-corrected chi connectivity index (χ1v) is 6.01. The maximum Gasteiger partial charge on any atom is 0.384 e. The number of aromatic nitrogens is 2. The minimum atomic E-state index is -0.495. The van der Waals surface area contributed by atoms with Crippen LogP contribution in [0, 0.1) is 11.8 Å². The number of imidazole rings is 1. The molecule has 0 bridgehead atoms. The highest BCUT2D eigenvalue weighted by molar-refractivity contribution is 5.89. The summed E-state index contributed by atoms with van der Waals surface area (Å²) in [6, 6.07) is 7.74. The molecule has 0 saturated carbocycles. The summed E-state index contributed by atoms with van der Waals surface area (Å²) in [5, 5.41) is 0. The summed E-state index contributed by atoms with van der Waals surface area (Å²) in [6.45, 7) is 2.87. The van der Waals surface area contributed by atoms with Crippen molar-refractivity contribution in [3.63, 3.8) is 0 Å². The highest BCUT2D eigenvalue weighted by Gasteiger charge is 1.96. The molecule has 1 aromatic heterocycles. The summed E-state index contributed by atoms with van der Waals surface area (Å²) < 4.78 is 6.72. The molecule has 0 aliphatic carbocycles.